The fourth-order valence-electron chi connectivity index (χ4n) is 2.20. The van der Waals surface area contributed by atoms with Gasteiger partial charge >= 0.3 is 0 Å². The summed E-state index contributed by atoms with van der Waals surface area (Å²) < 4.78 is 28.1. The number of carbonyl (C=O) groups is 2. The second-order valence-electron chi connectivity index (χ2n) is 5.25. The number of primary sulfonamides is 1. The Morgan fingerprint density at radius 1 is 1.08 bits per heavy atom. The van der Waals surface area contributed by atoms with Crippen molar-refractivity contribution in [2.75, 3.05) is 12.4 Å². The number of benzene rings is 2. The first-order chi connectivity index (χ1) is 11.8. The fraction of sp³-hybridized carbons (Fsp3) is 0.176. The lowest BCUT2D eigenvalue weighted by atomic mass is 10.1. The average molecular weight is 362 g/mol. The molecule has 0 heterocycles. The maximum Gasteiger partial charge on any atom is 0.241 e. The van der Waals surface area contributed by atoms with E-state index in [2.05, 4.69) is 5.32 Å². The first-order valence-electron chi connectivity index (χ1n) is 7.40. The van der Waals surface area contributed by atoms with Crippen LogP contribution in [-0.2, 0) is 14.8 Å². The van der Waals surface area contributed by atoms with Crippen LogP contribution < -0.4 is 15.2 Å². The number of ether oxygens (including phenoxy) is 1. The number of nitrogens with two attached hydrogens (primary N) is 1. The highest BCUT2D eigenvalue weighted by Gasteiger charge is 2.16. The summed E-state index contributed by atoms with van der Waals surface area (Å²) in [4.78, 5) is 23.7. The van der Waals surface area contributed by atoms with Gasteiger partial charge in [-0.15, -0.1) is 0 Å². The highest BCUT2D eigenvalue weighted by molar-refractivity contribution is 7.89. The Labute approximate surface area is 145 Å². The topological polar surface area (TPSA) is 116 Å². The summed E-state index contributed by atoms with van der Waals surface area (Å²) in [5.74, 6) is -0.467. The highest BCUT2D eigenvalue weighted by Crippen LogP contribution is 2.26. The molecule has 3 N–H and O–H groups in total. The summed E-state index contributed by atoms with van der Waals surface area (Å²) in [6.45, 7) is 0. The molecule has 0 aliphatic heterocycles. The van der Waals surface area contributed by atoms with Crippen molar-refractivity contribution in [3.63, 3.8) is 0 Å². The van der Waals surface area contributed by atoms with Crippen molar-refractivity contribution in [3.05, 3.63) is 54.1 Å². The lowest BCUT2D eigenvalue weighted by Crippen LogP contribution is -2.16. The predicted molar refractivity (Wildman–Crippen MR) is 93.0 cm³/mol. The van der Waals surface area contributed by atoms with Gasteiger partial charge in [0.2, 0.25) is 15.9 Å². The lowest BCUT2D eigenvalue weighted by Gasteiger charge is -2.10. The number of methoxy groups -OCH3 is 1. The van der Waals surface area contributed by atoms with Crippen LogP contribution in [0.15, 0.2) is 53.4 Å². The molecule has 0 unspecified atom stereocenters. The Morgan fingerprint density at radius 2 is 1.76 bits per heavy atom. The van der Waals surface area contributed by atoms with Gasteiger partial charge in [0.1, 0.15) is 10.6 Å². The van der Waals surface area contributed by atoms with E-state index >= 15 is 0 Å². The molecule has 132 valence electrons. The summed E-state index contributed by atoms with van der Waals surface area (Å²) in [5.41, 5.74) is 0.790. The number of carbonyl (C=O) groups excluding carboxylic acids is 2. The zero-order chi connectivity index (χ0) is 18.4. The van der Waals surface area contributed by atoms with Gasteiger partial charge in [-0.05, 0) is 18.2 Å². The minimum Gasteiger partial charge on any atom is -0.495 e. The molecule has 0 fully saturated rings. The quantitative estimate of drug-likeness (QED) is 0.730. The normalized spacial score (nSPS) is 11.0. The van der Waals surface area contributed by atoms with E-state index in [4.69, 9.17) is 9.88 Å². The molecule has 0 aliphatic rings. The second kappa shape index (κ2) is 7.91. The third-order valence-electron chi connectivity index (χ3n) is 3.43. The zero-order valence-electron chi connectivity index (χ0n) is 13.6. The predicted octanol–water partition coefficient (Wildman–Crippen LogP) is 1.94. The molecule has 7 nitrogen and oxygen atoms in total. The molecule has 2 aromatic rings. The SMILES string of the molecule is COc1ccc(NC(=O)CCC(=O)c2ccccc2)cc1S(N)(=O)=O. The lowest BCUT2D eigenvalue weighted by molar-refractivity contribution is -0.116. The molecule has 0 saturated heterocycles. The van der Waals surface area contributed by atoms with E-state index in [-0.39, 0.29) is 35.0 Å². The van der Waals surface area contributed by atoms with Crippen molar-refractivity contribution in [2.45, 2.75) is 17.7 Å². The number of ketones is 1. The van der Waals surface area contributed by atoms with E-state index in [1.165, 1.54) is 25.3 Å². The first-order valence-corrected chi connectivity index (χ1v) is 8.95. The number of hydrogen-bond acceptors (Lipinski definition) is 5. The monoisotopic (exact) mass is 362 g/mol. The van der Waals surface area contributed by atoms with Crippen LogP contribution in [0.25, 0.3) is 0 Å². The molecule has 0 saturated carbocycles. The van der Waals surface area contributed by atoms with Gasteiger partial charge in [0, 0.05) is 24.1 Å². The van der Waals surface area contributed by atoms with Gasteiger partial charge in [0.25, 0.3) is 0 Å². The minimum atomic E-state index is -4.00. The Kier molecular flexibility index (Phi) is 5.89. The van der Waals surface area contributed by atoms with Crippen LogP contribution in [0, 0.1) is 0 Å². The Morgan fingerprint density at radius 3 is 2.36 bits per heavy atom. The number of amides is 1. The zero-order valence-corrected chi connectivity index (χ0v) is 14.4. The summed E-state index contributed by atoms with van der Waals surface area (Å²) in [5, 5.41) is 7.68. The summed E-state index contributed by atoms with van der Waals surface area (Å²) in [6.07, 6.45) is 0.0263. The molecule has 2 aromatic carbocycles. The number of Topliss-reactive ketones (excluding diaryl/α,β-unsaturated/α-hetero) is 1. The molecule has 0 spiro atoms. The Hall–Kier alpha value is -2.71. The van der Waals surface area contributed by atoms with E-state index in [0.717, 1.165) is 0 Å². The van der Waals surface area contributed by atoms with Gasteiger partial charge in [-0.3, -0.25) is 9.59 Å². The van der Waals surface area contributed by atoms with Gasteiger partial charge < -0.3 is 10.1 Å². The molecule has 1 amide bonds. The van der Waals surface area contributed by atoms with E-state index in [1.807, 2.05) is 0 Å². The summed E-state index contributed by atoms with van der Waals surface area (Å²) >= 11 is 0. The molecule has 0 bridgehead atoms. The van der Waals surface area contributed by atoms with Crippen molar-refractivity contribution < 1.29 is 22.7 Å². The molecule has 25 heavy (non-hydrogen) atoms. The van der Waals surface area contributed by atoms with Crippen molar-refractivity contribution in [1.82, 2.24) is 0 Å². The van der Waals surface area contributed by atoms with Crippen LogP contribution in [0.3, 0.4) is 0 Å². The van der Waals surface area contributed by atoms with E-state index in [1.54, 1.807) is 30.3 Å². The van der Waals surface area contributed by atoms with Crippen LogP contribution in [0.2, 0.25) is 0 Å². The largest absolute Gasteiger partial charge is 0.495 e. The summed E-state index contributed by atoms with van der Waals surface area (Å²) in [6, 6.07) is 12.8. The standard InChI is InChI=1S/C17H18N2O5S/c1-24-15-9-7-13(11-16(15)25(18,22)23)19-17(21)10-8-14(20)12-5-3-2-4-6-12/h2-7,9,11H,8,10H2,1H3,(H,19,21)(H2,18,22,23). The Balaban J connectivity index is 2.02. The second-order valence-corrected chi connectivity index (χ2v) is 6.78. The van der Waals surface area contributed by atoms with Crippen molar-refractivity contribution in [3.8, 4) is 5.75 Å². The van der Waals surface area contributed by atoms with Crippen LogP contribution in [0.1, 0.15) is 23.2 Å². The van der Waals surface area contributed by atoms with Gasteiger partial charge in [-0.2, -0.15) is 0 Å². The maximum atomic E-state index is 12.0. The highest BCUT2D eigenvalue weighted by atomic mass is 32.2. The molecule has 0 aromatic heterocycles. The number of nitrogens with one attached hydrogen (secondary N) is 1. The molecule has 8 heteroatoms. The van der Waals surface area contributed by atoms with Crippen LogP contribution >= 0.6 is 0 Å². The first kappa shape index (κ1) is 18.6. The molecule has 0 atom stereocenters. The average Bonchev–Trinajstić information content (AvgIpc) is 2.59. The third kappa shape index (κ3) is 5.13. The van der Waals surface area contributed by atoms with Crippen LogP contribution in [-0.4, -0.2) is 27.2 Å². The molecular weight excluding hydrogens is 344 g/mol. The fourth-order valence-corrected chi connectivity index (χ4v) is 2.92. The number of sulfonamides is 1. The van der Waals surface area contributed by atoms with Gasteiger partial charge in [-0.25, -0.2) is 13.6 Å². The Bertz CT molecular complexity index is 879. The van der Waals surface area contributed by atoms with Crippen molar-refractivity contribution in [1.29, 1.82) is 0 Å². The minimum absolute atomic E-state index is 0.0233. The summed E-state index contributed by atoms with van der Waals surface area (Å²) in [7, 11) is -2.68. The molecule has 2 rings (SSSR count). The smallest absolute Gasteiger partial charge is 0.241 e. The molecule has 0 aliphatic carbocycles. The molecular formula is C17H18N2O5S. The van der Waals surface area contributed by atoms with Crippen LogP contribution in [0.5, 0.6) is 5.75 Å². The van der Waals surface area contributed by atoms with Gasteiger partial charge in [-0.1, -0.05) is 30.3 Å². The number of anilines is 1. The van der Waals surface area contributed by atoms with Crippen molar-refractivity contribution >= 4 is 27.4 Å². The number of hydrogen-bond donors (Lipinski definition) is 2. The van der Waals surface area contributed by atoms with E-state index in [9.17, 15) is 18.0 Å². The van der Waals surface area contributed by atoms with Crippen molar-refractivity contribution in [2.24, 2.45) is 5.14 Å². The van der Waals surface area contributed by atoms with E-state index in [0.29, 0.717) is 5.56 Å². The van der Waals surface area contributed by atoms with Gasteiger partial charge in [0.15, 0.2) is 5.78 Å². The van der Waals surface area contributed by atoms with E-state index < -0.39 is 15.9 Å². The molecule has 0 radical (unpaired) electrons. The maximum absolute atomic E-state index is 12.0. The van der Waals surface area contributed by atoms with Crippen LogP contribution in [0.4, 0.5) is 5.69 Å². The number of rotatable bonds is 7. The third-order valence-corrected chi connectivity index (χ3v) is 4.36. The van der Waals surface area contributed by atoms with Gasteiger partial charge in [0.05, 0.1) is 7.11 Å².